The molecule has 4 nitrogen and oxygen atoms in total. The predicted octanol–water partition coefficient (Wildman–Crippen LogP) is 2.90. The third kappa shape index (κ3) is 1.87. The Labute approximate surface area is 109 Å². The molecule has 0 radical (unpaired) electrons. The molecule has 0 aliphatic heterocycles. The molecule has 1 aromatic carbocycles. The molecule has 0 unspecified atom stereocenters. The monoisotopic (exact) mass is 260 g/mol. The summed E-state index contributed by atoms with van der Waals surface area (Å²) in [5.41, 5.74) is 1.40. The molecule has 0 saturated heterocycles. The van der Waals surface area contributed by atoms with Crippen LogP contribution in [0.4, 0.5) is 0 Å². The zero-order chi connectivity index (χ0) is 11.8. The van der Waals surface area contributed by atoms with E-state index in [1.807, 2.05) is 24.3 Å². The smallest absolute Gasteiger partial charge is 0.354 e. The van der Waals surface area contributed by atoms with Crippen LogP contribution in [0.25, 0.3) is 21.8 Å². The lowest BCUT2D eigenvalue weighted by Crippen LogP contribution is -2.00. The lowest BCUT2D eigenvalue weighted by Gasteiger charge is -2.02. The predicted molar refractivity (Wildman–Crippen MR) is 71.3 cm³/mol. The van der Waals surface area contributed by atoms with Crippen molar-refractivity contribution in [2.45, 2.75) is 0 Å². The summed E-state index contributed by atoms with van der Waals surface area (Å²) in [5.74, 6) is -1.03. The topological polar surface area (TPSA) is 63.1 Å². The second-order valence-corrected chi connectivity index (χ2v) is 3.71. The third-order valence-electron chi connectivity index (χ3n) is 2.65. The van der Waals surface area contributed by atoms with Crippen molar-refractivity contribution in [2.75, 3.05) is 0 Å². The Morgan fingerprint density at radius 1 is 1.00 bits per heavy atom. The molecule has 1 N–H and O–H groups in total. The van der Waals surface area contributed by atoms with Gasteiger partial charge >= 0.3 is 5.97 Å². The number of carboxylic acid groups (broad SMARTS) is 1. The summed E-state index contributed by atoms with van der Waals surface area (Å²) in [6.07, 6.45) is 1.68. The van der Waals surface area contributed by atoms with Gasteiger partial charge < -0.3 is 5.11 Å². The van der Waals surface area contributed by atoms with Crippen LogP contribution >= 0.6 is 12.4 Å². The number of hydrogen-bond donors (Lipinski definition) is 1. The van der Waals surface area contributed by atoms with E-state index in [4.69, 9.17) is 5.11 Å². The maximum Gasteiger partial charge on any atom is 0.354 e. The van der Waals surface area contributed by atoms with Crippen LogP contribution in [0, 0.1) is 0 Å². The van der Waals surface area contributed by atoms with Gasteiger partial charge in [0.2, 0.25) is 0 Å². The number of halogens is 1. The molecule has 5 heteroatoms. The van der Waals surface area contributed by atoms with Crippen LogP contribution in [0.2, 0.25) is 0 Å². The van der Waals surface area contributed by atoms with Crippen LogP contribution in [-0.2, 0) is 0 Å². The van der Waals surface area contributed by atoms with Crippen molar-refractivity contribution >= 4 is 40.2 Å². The minimum atomic E-state index is -1.03. The Hall–Kier alpha value is -2.20. The summed E-state index contributed by atoms with van der Waals surface area (Å²) in [7, 11) is 0. The van der Waals surface area contributed by atoms with Gasteiger partial charge in [0, 0.05) is 17.0 Å². The molecular formula is C13H9ClN2O2. The average molecular weight is 261 g/mol. The number of carboxylic acids is 1. The van der Waals surface area contributed by atoms with E-state index >= 15 is 0 Å². The molecule has 2 aromatic heterocycles. The highest BCUT2D eigenvalue weighted by molar-refractivity contribution is 6.03. The number of fused-ring (bicyclic) bond motifs is 3. The minimum absolute atomic E-state index is 0. The molecule has 0 atom stereocenters. The third-order valence-corrected chi connectivity index (χ3v) is 2.65. The number of nitrogens with zero attached hydrogens (tertiary/aromatic N) is 2. The van der Waals surface area contributed by atoms with Gasteiger partial charge in [0.05, 0.1) is 11.0 Å². The van der Waals surface area contributed by atoms with E-state index in [0.29, 0.717) is 5.52 Å². The van der Waals surface area contributed by atoms with E-state index in [2.05, 4.69) is 9.97 Å². The van der Waals surface area contributed by atoms with E-state index in [1.165, 1.54) is 6.07 Å². The standard InChI is InChI=1S/C13H8N2O2.ClH/c16-13(17)10-6-5-9-4-3-8-2-1-7-14-11(8)12(9)15-10;/h1-7H,(H,16,17);1H. The van der Waals surface area contributed by atoms with Gasteiger partial charge in [-0.1, -0.05) is 24.3 Å². The zero-order valence-corrected chi connectivity index (χ0v) is 10.0. The molecule has 0 spiro atoms. The number of hydrogen-bond acceptors (Lipinski definition) is 3. The van der Waals surface area contributed by atoms with Gasteiger partial charge in [-0.05, 0) is 12.1 Å². The Balaban J connectivity index is 0.00000120. The van der Waals surface area contributed by atoms with Crippen molar-refractivity contribution in [3.63, 3.8) is 0 Å². The van der Waals surface area contributed by atoms with E-state index in [-0.39, 0.29) is 18.1 Å². The largest absolute Gasteiger partial charge is 0.477 e. The first kappa shape index (κ1) is 12.3. The van der Waals surface area contributed by atoms with Crippen molar-refractivity contribution in [1.29, 1.82) is 0 Å². The van der Waals surface area contributed by atoms with E-state index < -0.39 is 5.97 Å². The Kier molecular flexibility index (Phi) is 3.12. The van der Waals surface area contributed by atoms with Crippen molar-refractivity contribution in [1.82, 2.24) is 9.97 Å². The number of rotatable bonds is 1. The zero-order valence-electron chi connectivity index (χ0n) is 9.20. The summed E-state index contributed by atoms with van der Waals surface area (Å²) in [6, 6.07) is 10.9. The SMILES string of the molecule is Cl.O=C(O)c1ccc2ccc3cccnc3c2n1. The number of aromatic nitrogens is 2. The molecule has 3 rings (SSSR count). The summed E-state index contributed by atoms with van der Waals surface area (Å²) in [5, 5.41) is 10.8. The molecule has 0 aliphatic rings. The van der Waals surface area contributed by atoms with Crippen molar-refractivity contribution in [3.8, 4) is 0 Å². The van der Waals surface area contributed by atoms with Gasteiger partial charge in [-0.2, -0.15) is 0 Å². The lowest BCUT2D eigenvalue weighted by atomic mass is 10.1. The molecule has 0 amide bonds. The molecule has 0 aliphatic carbocycles. The van der Waals surface area contributed by atoms with Crippen LogP contribution < -0.4 is 0 Å². The average Bonchev–Trinajstić information content (AvgIpc) is 2.38. The van der Waals surface area contributed by atoms with Crippen LogP contribution in [0.15, 0.2) is 42.6 Å². The van der Waals surface area contributed by atoms with Gasteiger partial charge in [0.25, 0.3) is 0 Å². The highest BCUT2D eigenvalue weighted by Crippen LogP contribution is 2.21. The second kappa shape index (κ2) is 4.58. The molecule has 3 aromatic rings. The van der Waals surface area contributed by atoms with Crippen molar-refractivity contribution in [3.05, 3.63) is 48.3 Å². The van der Waals surface area contributed by atoms with Crippen LogP contribution in [0.3, 0.4) is 0 Å². The molecule has 90 valence electrons. The first-order valence-electron chi connectivity index (χ1n) is 5.13. The highest BCUT2D eigenvalue weighted by Gasteiger charge is 2.08. The maximum atomic E-state index is 10.9. The fourth-order valence-electron chi connectivity index (χ4n) is 1.84. The highest BCUT2D eigenvalue weighted by atomic mass is 35.5. The first-order chi connectivity index (χ1) is 8.25. The molecule has 0 fully saturated rings. The quantitative estimate of drug-likeness (QED) is 0.684. The Morgan fingerprint density at radius 3 is 2.39 bits per heavy atom. The molecule has 0 bridgehead atoms. The number of aromatic carboxylic acids is 1. The van der Waals surface area contributed by atoms with Crippen molar-refractivity contribution in [2.24, 2.45) is 0 Å². The van der Waals surface area contributed by atoms with Crippen molar-refractivity contribution < 1.29 is 9.90 Å². The van der Waals surface area contributed by atoms with Crippen LogP contribution in [0.1, 0.15) is 10.5 Å². The fourth-order valence-corrected chi connectivity index (χ4v) is 1.84. The molecule has 2 heterocycles. The van der Waals surface area contributed by atoms with Gasteiger partial charge in [-0.3, -0.25) is 4.98 Å². The summed E-state index contributed by atoms with van der Waals surface area (Å²) in [4.78, 5) is 19.3. The first-order valence-corrected chi connectivity index (χ1v) is 5.13. The molecule has 0 saturated carbocycles. The number of pyridine rings is 2. The Bertz CT molecular complexity index is 743. The van der Waals surface area contributed by atoms with Gasteiger partial charge in [-0.15, -0.1) is 12.4 Å². The minimum Gasteiger partial charge on any atom is -0.477 e. The van der Waals surface area contributed by atoms with Gasteiger partial charge in [-0.25, -0.2) is 9.78 Å². The van der Waals surface area contributed by atoms with Crippen LogP contribution in [-0.4, -0.2) is 21.0 Å². The number of carbonyl (C=O) groups is 1. The summed E-state index contributed by atoms with van der Waals surface area (Å²) in [6.45, 7) is 0. The number of benzene rings is 1. The van der Waals surface area contributed by atoms with E-state index in [9.17, 15) is 4.79 Å². The second-order valence-electron chi connectivity index (χ2n) is 3.71. The van der Waals surface area contributed by atoms with E-state index in [0.717, 1.165) is 16.3 Å². The summed E-state index contributed by atoms with van der Waals surface area (Å²) >= 11 is 0. The Morgan fingerprint density at radius 2 is 1.67 bits per heavy atom. The maximum absolute atomic E-state index is 10.9. The van der Waals surface area contributed by atoms with Gasteiger partial charge in [0.15, 0.2) is 0 Å². The summed E-state index contributed by atoms with van der Waals surface area (Å²) < 4.78 is 0. The van der Waals surface area contributed by atoms with E-state index in [1.54, 1.807) is 12.3 Å². The molecular weight excluding hydrogens is 252 g/mol. The normalized spacial score (nSPS) is 10.2. The van der Waals surface area contributed by atoms with Crippen LogP contribution in [0.5, 0.6) is 0 Å². The lowest BCUT2D eigenvalue weighted by molar-refractivity contribution is 0.0691. The molecule has 18 heavy (non-hydrogen) atoms. The van der Waals surface area contributed by atoms with Gasteiger partial charge in [0.1, 0.15) is 5.69 Å². The fraction of sp³-hybridized carbons (Fsp3) is 0.